The number of rotatable bonds is 2. The van der Waals surface area contributed by atoms with Crippen molar-refractivity contribution in [2.45, 2.75) is 25.6 Å². The number of benzene rings is 1. The number of aromatic nitrogens is 1. The van der Waals surface area contributed by atoms with E-state index in [2.05, 4.69) is 4.98 Å². The minimum atomic E-state index is -4.69. The zero-order valence-corrected chi connectivity index (χ0v) is 16.5. The summed E-state index contributed by atoms with van der Waals surface area (Å²) in [5, 5.41) is 7.73. The predicted molar refractivity (Wildman–Crippen MR) is 105 cm³/mol. The summed E-state index contributed by atoms with van der Waals surface area (Å²) in [6.45, 7) is 1.69. The average Bonchev–Trinajstić information content (AvgIpc) is 2.69. The van der Waals surface area contributed by atoms with Gasteiger partial charge in [-0.25, -0.2) is 4.39 Å². The standard InChI is InChI=1S/C20H17ClF4N4O/c1-10-17(26)13(18(27)15-6-5-11(22)9-28-15)7-8-29(10)19(30)12-3-2-4-14(16(12)21)20(23,24)25/h2-6,9-10,26H,7-8,27H2,1H3/b18-13-,26-17?. The van der Waals surface area contributed by atoms with Crippen LogP contribution in [-0.4, -0.2) is 34.1 Å². The van der Waals surface area contributed by atoms with E-state index in [9.17, 15) is 22.4 Å². The molecular weight excluding hydrogens is 424 g/mol. The molecule has 1 atom stereocenters. The van der Waals surface area contributed by atoms with E-state index in [-0.39, 0.29) is 29.9 Å². The molecule has 1 aliphatic heterocycles. The quantitative estimate of drug-likeness (QED) is 0.674. The fourth-order valence-electron chi connectivity index (χ4n) is 3.29. The van der Waals surface area contributed by atoms with E-state index in [0.717, 1.165) is 18.3 Å². The van der Waals surface area contributed by atoms with E-state index in [1.54, 1.807) is 6.92 Å². The lowest BCUT2D eigenvalue weighted by atomic mass is 9.92. The Morgan fingerprint density at radius 1 is 1.30 bits per heavy atom. The number of hydrogen-bond acceptors (Lipinski definition) is 4. The molecule has 0 radical (unpaired) electrons. The first kappa shape index (κ1) is 21.8. The van der Waals surface area contributed by atoms with Crippen molar-refractivity contribution in [1.82, 2.24) is 9.88 Å². The number of nitrogens with zero attached hydrogens (tertiary/aromatic N) is 2. The third-order valence-electron chi connectivity index (χ3n) is 4.94. The van der Waals surface area contributed by atoms with Gasteiger partial charge < -0.3 is 16.0 Å². The molecule has 1 amide bonds. The highest BCUT2D eigenvalue weighted by molar-refractivity contribution is 6.34. The smallest absolute Gasteiger partial charge is 0.397 e. The molecule has 1 unspecified atom stereocenters. The Bertz CT molecular complexity index is 1030. The second-order valence-electron chi connectivity index (χ2n) is 6.76. The lowest BCUT2D eigenvalue weighted by molar-refractivity contribution is -0.137. The fraction of sp³-hybridized carbons (Fsp3) is 0.250. The number of piperidine rings is 1. The lowest BCUT2D eigenvalue weighted by Crippen LogP contribution is -2.48. The van der Waals surface area contributed by atoms with Crippen LogP contribution in [0.4, 0.5) is 17.6 Å². The Morgan fingerprint density at radius 2 is 2.00 bits per heavy atom. The van der Waals surface area contributed by atoms with Crippen molar-refractivity contribution in [3.05, 3.63) is 69.8 Å². The van der Waals surface area contributed by atoms with Crippen LogP contribution in [0.1, 0.15) is 35.0 Å². The number of nitrogens with two attached hydrogens (primary N) is 1. The molecule has 2 heterocycles. The third-order valence-corrected chi connectivity index (χ3v) is 5.34. The molecule has 158 valence electrons. The van der Waals surface area contributed by atoms with Crippen molar-refractivity contribution >= 4 is 28.9 Å². The summed E-state index contributed by atoms with van der Waals surface area (Å²) >= 11 is 5.87. The monoisotopic (exact) mass is 440 g/mol. The molecule has 10 heteroatoms. The van der Waals surface area contributed by atoms with Gasteiger partial charge in [0.15, 0.2) is 0 Å². The summed E-state index contributed by atoms with van der Waals surface area (Å²) in [6, 6.07) is 4.96. The maximum Gasteiger partial charge on any atom is 0.417 e. The first-order valence-corrected chi connectivity index (χ1v) is 9.26. The number of carbonyl (C=O) groups excluding carboxylic acids is 1. The minimum absolute atomic E-state index is 0.0290. The number of likely N-dealkylation sites (tertiary alicyclic amines) is 1. The van der Waals surface area contributed by atoms with Gasteiger partial charge in [0.25, 0.3) is 5.91 Å². The zero-order chi connectivity index (χ0) is 22.2. The molecule has 1 saturated heterocycles. The van der Waals surface area contributed by atoms with Crippen molar-refractivity contribution in [1.29, 1.82) is 5.41 Å². The molecule has 1 aromatic carbocycles. The highest BCUT2D eigenvalue weighted by atomic mass is 35.5. The van der Waals surface area contributed by atoms with E-state index in [0.29, 0.717) is 11.3 Å². The van der Waals surface area contributed by atoms with Crippen LogP contribution in [0, 0.1) is 11.2 Å². The number of pyridine rings is 1. The van der Waals surface area contributed by atoms with Crippen molar-refractivity contribution in [2.24, 2.45) is 5.73 Å². The Balaban J connectivity index is 1.90. The first-order chi connectivity index (χ1) is 14.0. The largest absolute Gasteiger partial charge is 0.417 e. The number of halogens is 5. The fourth-order valence-corrected chi connectivity index (χ4v) is 3.60. The predicted octanol–water partition coefficient (Wildman–Crippen LogP) is 4.52. The number of carbonyl (C=O) groups is 1. The zero-order valence-electron chi connectivity index (χ0n) is 15.7. The Kier molecular flexibility index (Phi) is 5.85. The number of hydrogen-bond donors (Lipinski definition) is 2. The van der Waals surface area contributed by atoms with Crippen LogP contribution < -0.4 is 5.73 Å². The van der Waals surface area contributed by atoms with Crippen molar-refractivity contribution < 1.29 is 22.4 Å². The van der Waals surface area contributed by atoms with Gasteiger partial charge in [0, 0.05) is 12.1 Å². The molecule has 0 spiro atoms. The van der Waals surface area contributed by atoms with E-state index in [1.807, 2.05) is 0 Å². The van der Waals surface area contributed by atoms with E-state index < -0.39 is 34.5 Å². The van der Waals surface area contributed by atoms with Gasteiger partial charge in [0.05, 0.1) is 45.5 Å². The highest BCUT2D eigenvalue weighted by Gasteiger charge is 2.37. The number of alkyl halides is 3. The van der Waals surface area contributed by atoms with E-state index >= 15 is 0 Å². The topological polar surface area (TPSA) is 83.1 Å². The Morgan fingerprint density at radius 3 is 2.60 bits per heavy atom. The van der Waals surface area contributed by atoms with Gasteiger partial charge in [-0.2, -0.15) is 13.2 Å². The summed E-state index contributed by atoms with van der Waals surface area (Å²) in [5.41, 5.74) is 5.68. The average molecular weight is 441 g/mol. The van der Waals surface area contributed by atoms with Crippen LogP contribution in [-0.2, 0) is 6.18 Å². The minimum Gasteiger partial charge on any atom is -0.397 e. The van der Waals surface area contributed by atoms with Crippen LogP contribution in [0.25, 0.3) is 5.70 Å². The molecule has 2 aromatic rings. The van der Waals surface area contributed by atoms with Gasteiger partial charge in [-0.05, 0) is 37.6 Å². The molecular formula is C20H17ClF4N4O. The van der Waals surface area contributed by atoms with Crippen LogP contribution in [0.2, 0.25) is 5.02 Å². The Labute approximate surface area is 174 Å². The molecule has 1 fully saturated rings. The molecule has 5 nitrogen and oxygen atoms in total. The summed E-state index contributed by atoms with van der Waals surface area (Å²) in [4.78, 5) is 18.1. The van der Waals surface area contributed by atoms with E-state index in [4.69, 9.17) is 22.7 Å². The Hall–Kier alpha value is -2.94. The van der Waals surface area contributed by atoms with Crippen LogP contribution in [0.3, 0.4) is 0 Å². The molecule has 1 aromatic heterocycles. The lowest BCUT2D eigenvalue weighted by Gasteiger charge is -2.36. The van der Waals surface area contributed by atoms with Gasteiger partial charge in [0.1, 0.15) is 5.82 Å². The summed E-state index contributed by atoms with van der Waals surface area (Å²) in [7, 11) is 0. The summed E-state index contributed by atoms with van der Waals surface area (Å²) in [6.07, 6.45) is -3.50. The van der Waals surface area contributed by atoms with E-state index in [1.165, 1.54) is 23.1 Å². The van der Waals surface area contributed by atoms with Gasteiger partial charge in [0.2, 0.25) is 0 Å². The van der Waals surface area contributed by atoms with Crippen molar-refractivity contribution in [3.63, 3.8) is 0 Å². The third kappa shape index (κ3) is 4.02. The second kappa shape index (κ2) is 8.06. The highest BCUT2D eigenvalue weighted by Crippen LogP contribution is 2.37. The van der Waals surface area contributed by atoms with Crippen LogP contribution in [0.15, 0.2) is 42.1 Å². The first-order valence-electron chi connectivity index (χ1n) is 8.88. The molecule has 3 rings (SSSR count). The van der Waals surface area contributed by atoms with Gasteiger partial charge in [-0.3, -0.25) is 9.78 Å². The number of nitrogens with one attached hydrogen (secondary N) is 1. The van der Waals surface area contributed by atoms with Crippen LogP contribution in [0.5, 0.6) is 0 Å². The number of amides is 1. The van der Waals surface area contributed by atoms with Crippen LogP contribution >= 0.6 is 11.6 Å². The molecule has 0 aliphatic carbocycles. The summed E-state index contributed by atoms with van der Waals surface area (Å²) in [5.74, 6) is -1.24. The summed E-state index contributed by atoms with van der Waals surface area (Å²) < 4.78 is 52.4. The van der Waals surface area contributed by atoms with Gasteiger partial charge in [-0.15, -0.1) is 0 Å². The maximum atomic E-state index is 13.1. The van der Waals surface area contributed by atoms with Crippen molar-refractivity contribution in [3.8, 4) is 0 Å². The molecule has 1 aliphatic rings. The SMILES string of the molecule is CC1C(=N)/C(=C(\N)c2ccc(F)cn2)CCN1C(=O)c1cccc(C(F)(F)F)c1Cl. The maximum absolute atomic E-state index is 13.1. The van der Waals surface area contributed by atoms with Crippen molar-refractivity contribution in [2.75, 3.05) is 6.54 Å². The normalized spacial score (nSPS) is 19.1. The molecule has 3 N–H and O–H groups in total. The van der Waals surface area contributed by atoms with Gasteiger partial charge >= 0.3 is 6.18 Å². The molecule has 0 saturated carbocycles. The second-order valence-corrected chi connectivity index (χ2v) is 7.13. The van der Waals surface area contributed by atoms with Gasteiger partial charge in [-0.1, -0.05) is 17.7 Å². The molecule has 30 heavy (non-hydrogen) atoms. The molecule has 0 bridgehead atoms.